The second-order valence-electron chi connectivity index (χ2n) is 6.30. The van der Waals surface area contributed by atoms with Gasteiger partial charge in [0, 0.05) is 13.0 Å². The summed E-state index contributed by atoms with van der Waals surface area (Å²) in [5, 5.41) is 3.02. The number of ether oxygens (including phenoxy) is 2. The van der Waals surface area contributed by atoms with Gasteiger partial charge in [-0.05, 0) is 69.4 Å². The van der Waals surface area contributed by atoms with Gasteiger partial charge in [0.2, 0.25) is 5.91 Å². The lowest BCUT2D eigenvalue weighted by molar-refractivity contribution is -0.121. The zero-order valence-corrected chi connectivity index (χ0v) is 15.0. The number of rotatable bonds is 10. The maximum Gasteiger partial charge on any atom is 0.220 e. The van der Waals surface area contributed by atoms with Gasteiger partial charge in [0.1, 0.15) is 0 Å². The first-order valence-electron chi connectivity index (χ1n) is 8.93. The predicted molar refractivity (Wildman–Crippen MR) is 95.8 cm³/mol. The molecule has 0 aliphatic carbocycles. The van der Waals surface area contributed by atoms with Gasteiger partial charge >= 0.3 is 0 Å². The number of nitrogens with zero attached hydrogens (tertiary/aromatic N) is 1. The van der Waals surface area contributed by atoms with Crippen LogP contribution >= 0.6 is 0 Å². The standard InChI is InChI=1S/C19H30N2O3/c1-23-17-9-7-16(15-18(17)24-2)8-10-19(22)20-11-3-4-12-21-13-5-6-14-21/h7,9,15H,3-6,8,10-14H2,1-2H3,(H,20,22). The maximum absolute atomic E-state index is 11.9. The van der Waals surface area contributed by atoms with E-state index in [4.69, 9.17) is 9.47 Å². The Bertz CT molecular complexity index is 513. The van der Waals surface area contributed by atoms with E-state index < -0.39 is 0 Å². The minimum Gasteiger partial charge on any atom is -0.493 e. The summed E-state index contributed by atoms with van der Waals surface area (Å²) in [4.78, 5) is 14.4. The predicted octanol–water partition coefficient (Wildman–Crippen LogP) is 2.63. The Balaban J connectivity index is 1.60. The van der Waals surface area contributed by atoms with Crippen LogP contribution in [-0.2, 0) is 11.2 Å². The Morgan fingerprint density at radius 3 is 2.58 bits per heavy atom. The molecular formula is C19H30N2O3. The molecule has 1 saturated heterocycles. The van der Waals surface area contributed by atoms with Gasteiger partial charge in [0.15, 0.2) is 11.5 Å². The van der Waals surface area contributed by atoms with Crippen LogP contribution in [0.2, 0.25) is 0 Å². The molecule has 1 aromatic carbocycles. The topological polar surface area (TPSA) is 50.8 Å². The number of aryl methyl sites for hydroxylation is 1. The molecule has 0 unspecified atom stereocenters. The highest BCUT2D eigenvalue weighted by molar-refractivity contribution is 5.76. The summed E-state index contributed by atoms with van der Waals surface area (Å²) in [6.45, 7) is 4.44. The van der Waals surface area contributed by atoms with Crippen molar-refractivity contribution in [1.29, 1.82) is 0 Å². The monoisotopic (exact) mass is 334 g/mol. The molecular weight excluding hydrogens is 304 g/mol. The third-order valence-electron chi connectivity index (χ3n) is 4.51. The molecule has 0 atom stereocenters. The number of likely N-dealkylation sites (tertiary alicyclic amines) is 1. The zero-order chi connectivity index (χ0) is 17.2. The van der Waals surface area contributed by atoms with E-state index in [0.29, 0.717) is 24.3 Å². The summed E-state index contributed by atoms with van der Waals surface area (Å²) < 4.78 is 10.5. The van der Waals surface area contributed by atoms with Crippen molar-refractivity contribution in [2.24, 2.45) is 0 Å². The summed E-state index contributed by atoms with van der Waals surface area (Å²) in [5.41, 5.74) is 1.08. The lowest BCUT2D eigenvalue weighted by Crippen LogP contribution is -2.26. The Kier molecular flexibility index (Phi) is 7.89. The summed E-state index contributed by atoms with van der Waals surface area (Å²) in [5.74, 6) is 1.53. The fraction of sp³-hybridized carbons (Fsp3) is 0.632. The van der Waals surface area contributed by atoms with Gasteiger partial charge in [-0.3, -0.25) is 4.79 Å². The second-order valence-corrected chi connectivity index (χ2v) is 6.30. The van der Waals surface area contributed by atoms with E-state index >= 15 is 0 Å². The minimum absolute atomic E-state index is 0.117. The van der Waals surface area contributed by atoms with Crippen LogP contribution in [0.4, 0.5) is 0 Å². The first-order chi connectivity index (χ1) is 11.7. The fourth-order valence-corrected chi connectivity index (χ4v) is 3.08. The average Bonchev–Trinajstić information content (AvgIpc) is 3.12. The quantitative estimate of drug-likeness (QED) is 0.668. The maximum atomic E-state index is 11.9. The summed E-state index contributed by atoms with van der Waals surface area (Å²) in [7, 11) is 3.24. The molecule has 1 fully saturated rings. The van der Waals surface area contributed by atoms with E-state index in [0.717, 1.165) is 24.9 Å². The number of unbranched alkanes of at least 4 members (excludes halogenated alkanes) is 1. The van der Waals surface area contributed by atoms with Crippen molar-refractivity contribution < 1.29 is 14.3 Å². The van der Waals surface area contributed by atoms with Crippen molar-refractivity contribution >= 4 is 5.91 Å². The molecule has 1 aromatic rings. The molecule has 24 heavy (non-hydrogen) atoms. The number of hydrogen-bond donors (Lipinski definition) is 1. The van der Waals surface area contributed by atoms with Crippen molar-refractivity contribution in [2.45, 2.75) is 38.5 Å². The molecule has 0 aromatic heterocycles. The van der Waals surface area contributed by atoms with Gasteiger partial charge in [-0.15, -0.1) is 0 Å². The number of benzene rings is 1. The largest absolute Gasteiger partial charge is 0.493 e. The van der Waals surface area contributed by atoms with Crippen LogP contribution in [-0.4, -0.2) is 51.2 Å². The van der Waals surface area contributed by atoms with Gasteiger partial charge in [0.25, 0.3) is 0 Å². The molecule has 134 valence electrons. The molecule has 2 rings (SSSR count). The molecule has 5 nitrogen and oxygen atoms in total. The van der Waals surface area contributed by atoms with Gasteiger partial charge in [-0.2, -0.15) is 0 Å². The van der Waals surface area contributed by atoms with E-state index in [1.807, 2.05) is 18.2 Å². The van der Waals surface area contributed by atoms with Crippen LogP contribution in [0.5, 0.6) is 11.5 Å². The first-order valence-corrected chi connectivity index (χ1v) is 8.93. The Hall–Kier alpha value is -1.75. The molecule has 1 amide bonds. The average molecular weight is 334 g/mol. The lowest BCUT2D eigenvalue weighted by atomic mass is 10.1. The molecule has 0 radical (unpaired) electrons. The summed E-state index contributed by atoms with van der Waals surface area (Å²) in [6, 6.07) is 5.79. The molecule has 1 N–H and O–H groups in total. The van der Waals surface area contributed by atoms with E-state index in [-0.39, 0.29) is 5.91 Å². The Morgan fingerprint density at radius 1 is 1.12 bits per heavy atom. The van der Waals surface area contributed by atoms with E-state index in [1.165, 1.54) is 32.5 Å². The Labute approximate surface area is 145 Å². The number of carbonyl (C=O) groups excluding carboxylic acids is 1. The highest BCUT2D eigenvalue weighted by Crippen LogP contribution is 2.27. The second kappa shape index (κ2) is 10.2. The van der Waals surface area contributed by atoms with Crippen LogP contribution in [0.25, 0.3) is 0 Å². The van der Waals surface area contributed by atoms with Crippen LogP contribution in [0.1, 0.15) is 37.7 Å². The highest BCUT2D eigenvalue weighted by atomic mass is 16.5. The van der Waals surface area contributed by atoms with Crippen LogP contribution in [0.15, 0.2) is 18.2 Å². The number of carbonyl (C=O) groups is 1. The van der Waals surface area contributed by atoms with Crippen LogP contribution in [0.3, 0.4) is 0 Å². The van der Waals surface area contributed by atoms with Crippen molar-refractivity contribution in [3.63, 3.8) is 0 Å². The minimum atomic E-state index is 0.117. The summed E-state index contributed by atoms with van der Waals surface area (Å²) in [6.07, 6.45) is 6.11. The third-order valence-corrected chi connectivity index (χ3v) is 4.51. The lowest BCUT2D eigenvalue weighted by Gasteiger charge is -2.14. The van der Waals surface area contributed by atoms with Gasteiger partial charge in [0.05, 0.1) is 14.2 Å². The smallest absolute Gasteiger partial charge is 0.220 e. The number of amides is 1. The van der Waals surface area contributed by atoms with Gasteiger partial charge in [-0.25, -0.2) is 0 Å². The number of nitrogens with one attached hydrogen (secondary N) is 1. The van der Waals surface area contributed by atoms with Crippen molar-refractivity contribution in [3.8, 4) is 11.5 Å². The fourth-order valence-electron chi connectivity index (χ4n) is 3.08. The first kappa shape index (κ1) is 18.6. The molecule has 1 heterocycles. The molecule has 0 saturated carbocycles. The SMILES string of the molecule is COc1ccc(CCC(=O)NCCCCN2CCCC2)cc1OC. The van der Waals surface area contributed by atoms with Gasteiger partial charge in [-0.1, -0.05) is 6.07 Å². The van der Waals surface area contributed by atoms with Crippen molar-refractivity contribution in [1.82, 2.24) is 10.2 Å². The summed E-state index contributed by atoms with van der Waals surface area (Å²) >= 11 is 0. The number of hydrogen-bond acceptors (Lipinski definition) is 4. The molecule has 5 heteroatoms. The van der Waals surface area contributed by atoms with Crippen molar-refractivity contribution in [2.75, 3.05) is 40.4 Å². The zero-order valence-electron chi connectivity index (χ0n) is 15.0. The molecule has 1 aliphatic heterocycles. The highest BCUT2D eigenvalue weighted by Gasteiger charge is 2.10. The molecule has 1 aliphatic rings. The van der Waals surface area contributed by atoms with Crippen molar-refractivity contribution in [3.05, 3.63) is 23.8 Å². The third kappa shape index (κ3) is 6.04. The van der Waals surface area contributed by atoms with E-state index in [9.17, 15) is 4.79 Å². The van der Waals surface area contributed by atoms with Gasteiger partial charge < -0.3 is 19.7 Å². The molecule has 0 spiro atoms. The normalized spacial score (nSPS) is 14.6. The Morgan fingerprint density at radius 2 is 1.88 bits per heavy atom. The number of methoxy groups -OCH3 is 2. The van der Waals surface area contributed by atoms with E-state index in [1.54, 1.807) is 14.2 Å². The van der Waals surface area contributed by atoms with Crippen LogP contribution in [0, 0.1) is 0 Å². The molecule has 0 bridgehead atoms. The van der Waals surface area contributed by atoms with Crippen LogP contribution < -0.4 is 14.8 Å². The van der Waals surface area contributed by atoms with E-state index in [2.05, 4.69) is 10.2 Å².